The molecule has 1 saturated heterocycles. The monoisotopic (exact) mass is 280 g/mol. The molecule has 0 amide bonds. The van der Waals surface area contributed by atoms with Gasteiger partial charge < -0.3 is 20.1 Å². The van der Waals surface area contributed by atoms with Crippen LogP contribution in [0.5, 0.6) is 11.8 Å². The Balaban J connectivity index is 1.98. The van der Waals surface area contributed by atoms with E-state index in [1.54, 1.807) is 0 Å². The first kappa shape index (κ1) is 14.8. The highest BCUT2D eigenvalue weighted by Crippen LogP contribution is 2.28. The number of hydrogen-bond donors (Lipinski definition) is 1. The molecule has 0 aromatic carbocycles. The number of likely N-dealkylation sites (tertiary alicyclic amines) is 1. The molecular formula is C14H24N4O2. The lowest BCUT2D eigenvalue weighted by molar-refractivity contribution is 0.122. The average Bonchev–Trinajstić information content (AvgIpc) is 2.41. The third kappa shape index (κ3) is 3.72. The minimum Gasteiger partial charge on any atom is -0.474 e. The molecule has 2 rings (SSSR count). The molecule has 1 atom stereocenters. The first-order valence-corrected chi connectivity index (χ1v) is 7.18. The molecule has 1 aliphatic rings. The summed E-state index contributed by atoms with van der Waals surface area (Å²) in [4.78, 5) is 10.5. The topological polar surface area (TPSA) is 73.5 Å². The first-order chi connectivity index (χ1) is 9.58. The van der Waals surface area contributed by atoms with Crippen molar-refractivity contribution in [2.45, 2.75) is 45.3 Å². The fraction of sp³-hybridized carbons (Fsp3) is 0.714. The molecule has 1 fully saturated rings. The molecule has 20 heavy (non-hydrogen) atoms. The Morgan fingerprint density at radius 2 is 2.10 bits per heavy atom. The van der Waals surface area contributed by atoms with Gasteiger partial charge in [0, 0.05) is 6.04 Å². The average molecular weight is 280 g/mol. The van der Waals surface area contributed by atoms with Gasteiger partial charge in [-0.15, -0.1) is 0 Å². The normalized spacial score (nSPS) is 20.1. The molecule has 112 valence electrons. The molecule has 2 heterocycles. The summed E-state index contributed by atoms with van der Waals surface area (Å²) in [5.74, 6) is 0.802. The maximum absolute atomic E-state index is 5.99. The quantitative estimate of drug-likeness (QED) is 0.885. The molecule has 1 aliphatic heterocycles. The van der Waals surface area contributed by atoms with E-state index >= 15 is 0 Å². The van der Waals surface area contributed by atoms with Gasteiger partial charge in [0.1, 0.15) is 12.9 Å². The first-order valence-electron chi connectivity index (χ1n) is 7.18. The van der Waals surface area contributed by atoms with Crippen LogP contribution in [0.3, 0.4) is 0 Å². The van der Waals surface area contributed by atoms with E-state index < -0.39 is 0 Å². The van der Waals surface area contributed by atoms with Gasteiger partial charge >= 0.3 is 0 Å². The Hall–Kier alpha value is -1.56. The Morgan fingerprint density at radius 1 is 1.35 bits per heavy atom. The Labute approximate surface area is 120 Å². The van der Waals surface area contributed by atoms with Gasteiger partial charge in [0.25, 0.3) is 0 Å². The van der Waals surface area contributed by atoms with Crippen LogP contribution in [-0.4, -0.2) is 47.2 Å². The number of anilines is 1. The number of aromatic nitrogens is 2. The van der Waals surface area contributed by atoms with Gasteiger partial charge in [0.15, 0.2) is 5.69 Å². The van der Waals surface area contributed by atoms with Crippen molar-refractivity contribution < 1.29 is 9.47 Å². The van der Waals surface area contributed by atoms with E-state index in [2.05, 4.69) is 21.9 Å². The minimum absolute atomic E-state index is 0.0181. The SMILES string of the molecule is CC(C)Oc1ncnc(OCC2CCCCN2C)c1N. The van der Waals surface area contributed by atoms with Crippen LogP contribution in [0.2, 0.25) is 0 Å². The van der Waals surface area contributed by atoms with E-state index in [0.29, 0.717) is 30.1 Å². The van der Waals surface area contributed by atoms with Crippen LogP contribution in [0, 0.1) is 0 Å². The lowest BCUT2D eigenvalue weighted by Gasteiger charge is -2.32. The smallest absolute Gasteiger partial charge is 0.244 e. The van der Waals surface area contributed by atoms with Gasteiger partial charge in [-0.05, 0) is 40.3 Å². The minimum atomic E-state index is 0.0181. The Kier molecular flexibility index (Phi) is 5.00. The highest BCUT2D eigenvalue weighted by atomic mass is 16.5. The standard InChI is InChI=1S/C14H24N4O2/c1-10(2)20-14-12(15)13(16-9-17-14)19-8-11-6-4-5-7-18(11)3/h9-11H,4-8,15H2,1-3H3. The van der Waals surface area contributed by atoms with Crippen molar-refractivity contribution in [2.24, 2.45) is 0 Å². The Bertz CT molecular complexity index is 439. The van der Waals surface area contributed by atoms with Gasteiger partial charge in [-0.25, -0.2) is 0 Å². The number of nitrogens with two attached hydrogens (primary N) is 1. The summed E-state index contributed by atoms with van der Waals surface area (Å²) in [6.45, 7) is 5.58. The van der Waals surface area contributed by atoms with Crippen LogP contribution in [-0.2, 0) is 0 Å². The van der Waals surface area contributed by atoms with Crippen LogP contribution in [0.25, 0.3) is 0 Å². The maximum Gasteiger partial charge on any atom is 0.244 e. The van der Waals surface area contributed by atoms with Gasteiger partial charge in [0.2, 0.25) is 11.8 Å². The summed E-state index contributed by atoms with van der Waals surface area (Å²) in [6.07, 6.45) is 5.10. The lowest BCUT2D eigenvalue weighted by atomic mass is 10.0. The molecular weight excluding hydrogens is 256 g/mol. The second kappa shape index (κ2) is 6.74. The van der Waals surface area contributed by atoms with E-state index in [9.17, 15) is 0 Å². The molecule has 0 spiro atoms. The van der Waals surface area contributed by atoms with Crippen molar-refractivity contribution in [3.8, 4) is 11.8 Å². The molecule has 1 unspecified atom stereocenters. The van der Waals surface area contributed by atoms with Crippen LogP contribution in [0.1, 0.15) is 33.1 Å². The predicted molar refractivity (Wildman–Crippen MR) is 78.0 cm³/mol. The zero-order chi connectivity index (χ0) is 14.5. The fourth-order valence-corrected chi connectivity index (χ4v) is 2.33. The number of piperidine rings is 1. The maximum atomic E-state index is 5.99. The molecule has 0 bridgehead atoms. The van der Waals surface area contributed by atoms with Crippen LogP contribution in [0.15, 0.2) is 6.33 Å². The fourth-order valence-electron chi connectivity index (χ4n) is 2.33. The van der Waals surface area contributed by atoms with Crippen molar-refractivity contribution in [1.82, 2.24) is 14.9 Å². The number of hydrogen-bond acceptors (Lipinski definition) is 6. The number of likely N-dealkylation sites (N-methyl/N-ethyl adjacent to an activating group) is 1. The van der Waals surface area contributed by atoms with E-state index in [1.807, 2.05) is 13.8 Å². The zero-order valence-electron chi connectivity index (χ0n) is 12.5. The van der Waals surface area contributed by atoms with Crippen molar-refractivity contribution in [1.29, 1.82) is 0 Å². The van der Waals surface area contributed by atoms with Crippen molar-refractivity contribution >= 4 is 5.69 Å². The highest BCUT2D eigenvalue weighted by Gasteiger charge is 2.20. The van der Waals surface area contributed by atoms with Crippen molar-refractivity contribution in [3.63, 3.8) is 0 Å². The second-order valence-corrected chi connectivity index (χ2v) is 5.51. The van der Waals surface area contributed by atoms with Crippen molar-refractivity contribution in [2.75, 3.05) is 25.9 Å². The largest absolute Gasteiger partial charge is 0.474 e. The molecule has 0 radical (unpaired) electrons. The number of nitrogen functional groups attached to an aromatic ring is 1. The van der Waals surface area contributed by atoms with E-state index in [1.165, 1.54) is 19.2 Å². The van der Waals surface area contributed by atoms with Gasteiger partial charge in [-0.2, -0.15) is 9.97 Å². The van der Waals surface area contributed by atoms with Gasteiger partial charge in [-0.3, -0.25) is 0 Å². The van der Waals surface area contributed by atoms with E-state index in [-0.39, 0.29) is 6.10 Å². The number of ether oxygens (including phenoxy) is 2. The van der Waals surface area contributed by atoms with E-state index in [4.69, 9.17) is 15.2 Å². The highest BCUT2D eigenvalue weighted by molar-refractivity contribution is 5.55. The summed E-state index contributed by atoms with van der Waals surface area (Å²) in [5, 5.41) is 0. The summed E-state index contributed by atoms with van der Waals surface area (Å²) in [7, 11) is 2.13. The molecule has 2 N–H and O–H groups in total. The predicted octanol–water partition coefficient (Wildman–Crippen LogP) is 1.71. The summed E-state index contributed by atoms with van der Waals surface area (Å²) < 4.78 is 11.3. The zero-order valence-corrected chi connectivity index (χ0v) is 12.5. The molecule has 0 aliphatic carbocycles. The lowest BCUT2D eigenvalue weighted by Crippen LogP contribution is -2.40. The second-order valence-electron chi connectivity index (χ2n) is 5.51. The van der Waals surface area contributed by atoms with Gasteiger partial charge in [-0.1, -0.05) is 6.42 Å². The van der Waals surface area contributed by atoms with Crippen molar-refractivity contribution in [3.05, 3.63) is 6.33 Å². The molecule has 6 nitrogen and oxygen atoms in total. The van der Waals surface area contributed by atoms with Gasteiger partial charge in [0.05, 0.1) is 6.10 Å². The summed E-state index contributed by atoms with van der Waals surface area (Å²) in [5.41, 5.74) is 6.37. The third-order valence-corrected chi connectivity index (χ3v) is 3.49. The third-order valence-electron chi connectivity index (χ3n) is 3.49. The number of nitrogens with zero attached hydrogens (tertiary/aromatic N) is 3. The molecule has 1 aromatic rings. The molecule has 6 heteroatoms. The summed E-state index contributed by atoms with van der Waals surface area (Å²) >= 11 is 0. The Morgan fingerprint density at radius 3 is 2.80 bits per heavy atom. The summed E-state index contributed by atoms with van der Waals surface area (Å²) in [6, 6.07) is 0.424. The van der Waals surface area contributed by atoms with Crippen LogP contribution >= 0.6 is 0 Å². The van der Waals surface area contributed by atoms with Crippen LogP contribution in [0.4, 0.5) is 5.69 Å². The number of rotatable bonds is 5. The van der Waals surface area contributed by atoms with E-state index in [0.717, 1.165) is 13.0 Å². The molecule has 1 aromatic heterocycles. The molecule has 0 saturated carbocycles. The van der Waals surface area contributed by atoms with Crippen LogP contribution < -0.4 is 15.2 Å².